The zero-order valence-electron chi connectivity index (χ0n) is 15.3. The summed E-state index contributed by atoms with van der Waals surface area (Å²) in [4.78, 5) is 16.8. The van der Waals surface area contributed by atoms with Gasteiger partial charge in [-0.2, -0.15) is 0 Å². The van der Waals surface area contributed by atoms with Crippen LogP contribution >= 0.6 is 0 Å². The third kappa shape index (κ3) is 3.34. The van der Waals surface area contributed by atoms with Crippen LogP contribution < -0.4 is 5.32 Å². The monoisotopic (exact) mass is 356 g/mol. The van der Waals surface area contributed by atoms with Gasteiger partial charge in [0.25, 0.3) is 0 Å². The van der Waals surface area contributed by atoms with Crippen LogP contribution in [0.15, 0.2) is 66.7 Å². The largest absolute Gasteiger partial charge is 0.462 e. The van der Waals surface area contributed by atoms with Gasteiger partial charge in [0, 0.05) is 27.8 Å². The van der Waals surface area contributed by atoms with Gasteiger partial charge in [-0.25, -0.2) is 4.79 Å². The number of pyridine rings is 1. The van der Waals surface area contributed by atoms with E-state index in [1.54, 1.807) is 19.1 Å². The summed E-state index contributed by atoms with van der Waals surface area (Å²) in [6.07, 6.45) is 0. The maximum Gasteiger partial charge on any atom is 0.338 e. The molecule has 0 aliphatic carbocycles. The number of hydrogen-bond donors (Lipinski definition) is 1. The van der Waals surface area contributed by atoms with Gasteiger partial charge in [-0.05, 0) is 43.5 Å². The second kappa shape index (κ2) is 7.08. The lowest BCUT2D eigenvalue weighted by Gasteiger charge is -2.13. The molecule has 3 aromatic carbocycles. The molecule has 1 heterocycles. The first-order valence-electron chi connectivity index (χ1n) is 8.99. The number of ether oxygens (including phenoxy) is 1. The quantitative estimate of drug-likeness (QED) is 0.381. The minimum atomic E-state index is -0.317. The van der Waals surface area contributed by atoms with Crippen molar-refractivity contribution in [1.82, 2.24) is 4.98 Å². The van der Waals surface area contributed by atoms with Crippen LogP contribution in [0.1, 0.15) is 23.0 Å². The van der Waals surface area contributed by atoms with Crippen molar-refractivity contribution in [1.29, 1.82) is 0 Å². The molecule has 0 aliphatic rings. The molecule has 4 heteroatoms. The van der Waals surface area contributed by atoms with Gasteiger partial charge in [0.05, 0.1) is 17.7 Å². The highest BCUT2D eigenvalue weighted by molar-refractivity contribution is 6.09. The Balaban J connectivity index is 1.79. The summed E-state index contributed by atoms with van der Waals surface area (Å²) in [6, 6.07) is 21.8. The zero-order valence-corrected chi connectivity index (χ0v) is 15.3. The van der Waals surface area contributed by atoms with Crippen LogP contribution in [0.3, 0.4) is 0 Å². The maximum atomic E-state index is 12.0. The standard InChI is InChI=1S/C23H20N2O2/c1-3-27-23(26)17-8-6-9-18(14-17)25-21-13-15(2)24-22-19-10-5-4-7-16(19)11-12-20(21)22/h4-14H,3H2,1-2H3,(H,24,25). The first kappa shape index (κ1) is 17.0. The van der Waals surface area contributed by atoms with Crippen molar-refractivity contribution in [3.8, 4) is 0 Å². The van der Waals surface area contributed by atoms with E-state index in [0.717, 1.165) is 33.4 Å². The molecule has 134 valence electrons. The molecule has 0 aliphatic heterocycles. The lowest BCUT2D eigenvalue weighted by Crippen LogP contribution is -2.05. The number of fused-ring (bicyclic) bond motifs is 3. The van der Waals surface area contributed by atoms with Crippen molar-refractivity contribution in [3.63, 3.8) is 0 Å². The number of benzene rings is 3. The fourth-order valence-corrected chi connectivity index (χ4v) is 3.29. The molecule has 4 nitrogen and oxygen atoms in total. The summed E-state index contributed by atoms with van der Waals surface area (Å²) in [5, 5.41) is 6.78. The number of nitrogens with one attached hydrogen (secondary N) is 1. The minimum absolute atomic E-state index is 0.317. The molecule has 0 saturated heterocycles. The highest BCUT2D eigenvalue weighted by atomic mass is 16.5. The molecular formula is C23H20N2O2. The number of esters is 1. The second-order valence-electron chi connectivity index (χ2n) is 6.42. The van der Waals surface area contributed by atoms with Crippen LogP contribution in [-0.2, 0) is 4.74 Å². The van der Waals surface area contributed by atoms with E-state index in [2.05, 4.69) is 29.6 Å². The fraction of sp³-hybridized carbons (Fsp3) is 0.130. The first-order chi connectivity index (χ1) is 13.2. The van der Waals surface area contributed by atoms with Crippen LogP contribution in [0, 0.1) is 6.92 Å². The van der Waals surface area contributed by atoms with Crippen LogP contribution in [0.2, 0.25) is 0 Å². The number of carbonyl (C=O) groups excluding carboxylic acids is 1. The van der Waals surface area contributed by atoms with Crippen molar-refractivity contribution >= 4 is 39.0 Å². The summed E-state index contributed by atoms with van der Waals surface area (Å²) in [6.45, 7) is 4.15. The normalized spacial score (nSPS) is 10.9. The Morgan fingerprint density at radius 1 is 1.00 bits per heavy atom. The van der Waals surface area contributed by atoms with E-state index in [4.69, 9.17) is 9.72 Å². The zero-order chi connectivity index (χ0) is 18.8. The van der Waals surface area contributed by atoms with Crippen molar-refractivity contribution in [2.75, 3.05) is 11.9 Å². The van der Waals surface area contributed by atoms with Crippen molar-refractivity contribution in [2.24, 2.45) is 0 Å². The van der Waals surface area contributed by atoms with E-state index in [9.17, 15) is 4.79 Å². The Kier molecular flexibility index (Phi) is 4.47. The summed E-state index contributed by atoms with van der Waals surface area (Å²) in [5.41, 5.74) is 4.23. The molecule has 0 radical (unpaired) electrons. The molecule has 4 rings (SSSR count). The average Bonchev–Trinajstić information content (AvgIpc) is 2.68. The number of anilines is 2. The maximum absolute atomic E-state index is 12.0. The minimum Gasteiger partial charge on any atom is -0.462 e. The third-order valence-corrected chi connectivity index (χ3v) is 4.48. The van der Waals surface area contributed by atoms with Gasteiger partial charge >= 0.3 is 5.97 Å². The highest BCUT2D eigenvalue weighted by Gasteiger charge is 2.10. The Morgan fingerprint density at radius 3 is 2.70 bits per heavy atom. The summed E-state index contributed by atoms with van der Waals surface area (Å²) in [7, 11) is 0. The predicted octanol–water partition coefficient (Wildman–Crippen LogP) is 5.62. The molecule has 0 bridgehead atoms. The van der Waals surface area contributed by atoms with Gasteiger partial charge in [-0.15, -0.1) is 0 Å². The fourth-order valence-electron chi connectivity index (χ4n) is 3.29. The number of nitrogens with zero attached hydrogens (tertiary/aromatic N) is 1. The van der Waals surface area contributed by atoms with Crippen LogP contribution in [-0.4, -0.2) is 17.6 Å². The molecule has 4 aromatic rings. The van der Waals surface area contributed by atoms with Crippen LogP contribution in [0.4, 0.5) is 11.4 Å². The van der Waals surface area contributed by atoms with E-state index in [0.29, 0.717) is 12.2 Å². The molecular weight excluding hydrogens is 336 g/mol. The molecule has 1 N–H and O–H groups in total. The van der Waals surface area contributed by atoms with E-state index < -0.39 is 0 Å². The van der Waals surface area contributed by atoms with Gasteiger partial charge in [-0.3, -0.25) is 4.98 Å². The molecule has 27 heavy (non-hydrogen) atoms. The van der Waals surface area contributed by atoms with Gasteiger partial charge in [0.15, 0.2) is 0 Å². The smallest absolute Gasteiger partial charge is 0.338 e. The Morgan fingerprint density at radius 2 is 1.85 bits per heavy atom. The highest BCUT2D eigenvalue weighted by Crippen LogP contribution is 2.31. The van der Waals surface area contributed by atoms with Crippen LogP contribution in [0.5, 0.6) is 0 Å². The summed E-state index contributed by atoms with van der Waals surface area (Å²) >= 11 is 0. The molecule has 0 atom stereocenters. The Labute approximate surface area is 157 Å². The summed E-state index contributed by atoms with van der Waals surface area (Å²) < 4.78 is 5.09. The van der Waals surface area contributed by atoms with E-state index in [1.165, 1.54) is 5.39 Å². The lowest BCUT2D eigenvalue weighted by molar-refractivity contribution is 0.0526. The summed E-state index contributed by atoms with van der Waals surface area (Å²) in [5.74, 6) is -0.317. The van der Waals surface area contributed by atoms with E-state index >= 15 is 0 Å². The van der Waals surface area contributed by atoms with Gasteiger partial charge < -0.3 is 10.1 Å². The second-order valence-corrected chi connectivity index (χ2v) is 6.42. The average molecular weight is 356 g/mol. The number of hydrogen-bond acceptors (Lipinski definition) is 4. The number of rotatable bonds is 4. The third-order valence-electron chi connectivity index (χ3n) is 4.48. The van der Waals surface area contributed by atoms with E-state index in [1.807, 2.05) is 37.3 Å². The predicted molar refractivity (Wildman–Crippen MR) is 110 cm³/mol. The van der Waals surface area contributed by atoms with Crippen molar-refractivity contribution in [3.05, 3.63) is 78.0 Å². The van der Waals surface area contributed by atoms with Crippen molar-refractivity contribution in [2.45, 2.75) is 13.8 Å². The molecule has 0 fully saturated rings. The molecule has 0 spiro atoms. The lowest BCUT2D eigenvalue weighted by atomic mass is 10.0. The van der Waals surface area contributed by atoms with Crippen molar-refractivity contribution < 1.29 is 9.53 Å². The van der Waals surface area contributed by atoms with Gasteiger partial charge in [-0.1, -0.05) is 42.5 Å². The molecule has 1 aromatic heterocycles. The number of aryl methyl sites for hydroxylation is 1. The number of aromatic nitrogens is 1. The Bertz CT molecular complexity index is 1150. The molecule has 0 amide bonds. The molecule has 0 unspecified atom stereocenters. The topological polar surface area (TPSA) is 51.2 Å². The van der Waals surface area contributed by atoms with Crippen LogP contribution in [0.25, 0.3) is 21.7 Å². The first-order valence-corrected chi connectivity index (χ1v) is 8.99. The SMILES string of the molecule is CCOC(=O)c1cccc(Nc2cc(C)nc3c2ccc2ccccc23)c1. The van der Waals surface area contributed by atoms with Gasteiger partial charge in [0.1, 0.15) is 0 Å². The number of carbonyl (C=O) groups is 1. The molecule has 0 saturated carbocycles. The van der Waals surface area contributed by atoms with Gasteiger partial charge in [0.2, 0.25) is 0 Å². The Hall–Kier alpha value is -3.40. The van der Waals surface area contributed by atoms with E-state index in [-0.39, 0.29) is 5.97 Å².